The van der Waals surface area contributed by atoms with E-state index in [1.54, 1.807) is 4.90 Å². The summed E-state index contributed by atoms with van der Waals surface area (Å²) >= 11 is 0. The Morgan fingerprint density at radius 3 is 2.54 bits per heavy atom. The molecule has 0 aromatic heterocycles. The fourth-order valence-corrected chi connectivity index (χ4v) is 3.97. The Kier molecular flexibility index (Phi) is 3.41. The Hall–Kier alpha value is -2.62. The minimum atomic E-state index is -1.22. The summed E-state index contributed by atoms with van der Waals surface area (Å²) in [5, 5.41) is 0. The highest BCUT2D eigenvalue weighted by atomic mass is 16.6. The van der Waals surface area contributed by atoms with Gasteiger partial charge in [-0.3, -0.25) is 9.59 Å². The molecule has 0 aliphatic carbocycles. The number of amides is 1. The van der Waals surface area contributed by atoms with Crippen molar-refractivity contribution in [2.45, 2.75) is 31.3 Å². The molecule has 1 saturated heterocycles. The van der Waals surface area contributed by atoms with Crippen LogP contribution in [0.4, 0.5) is 5.69 Å². The lowest BCUT2D eigenvalue weighted by atomic mass is 9.78. The van der Waals surface area contributed by atoms with Gasteiger partial charge in [-0.1, -0.05) is 55.5 Å². The third-order valence-corrected chi connectivity index (χ3v) is 4.94. The van der Waals surface area contributed by atoms with Crippen molar-refractivity contribution >= 4 is 17.6 Å². The maximum atomic E-state index is 13.4. The van der Waals surface area contributed by atoms with E-state index in [-0.39, 0.29) is 24.2 Å². The fraction of sp³-hybridized carbons (Fsp3) is 0.300. The van der Waals surface area contributed by atoms with Crippen molar-refractivity contribution in [1.29, 1.82) is 0 Å². The molecule has 0 unspecified atom stereocenters. The summed E-state index contributed by atoms with van der Waals surface area (Å²) < 4.78 is 5.76. The molecule has 2 atom stereocenters. The van der Waals surface area contributed by atoms with Crippen LogP contribution in [-0.2, 0) is 19.9 Å². The highest BCUT2D eigenvalue weighted by Gasteiger charge is 2.62. The third-order valence-electron chi connectivity index (χ3n) is 4.94. The van der Waals surface area contributed by atoms with Crippen molar-refractivity contribution < 1.29 is 14.3 Å². The van der Waals surface area contributed by atoms with Crippen LogP contribution in [0.25, 0.3) is 0 Å². The van der Waals surface area contributed by atoms with Gasteiger partial charge in [0.1, 0.15) is 0 Å². The summed E-state index contributed by atoms with van der Waals surface area (Å²) in [4.78, 5) is 27.3. The van der Waals surface area contributed by atoms with Gasteiger partial charge in [-0.25, -0.2) is 0 Å². The second-order valence-electron chi connectivity index (χ2n) is 6.35. The Labute approximate surface area is 141 Å². The summed E-state index contributed by atoms with van der Waals surface area (Å²) in [6.45, 7) is 2.66. The van der Waals surface area contributed by atoms with Gasteiger partial charge >= 0.3 is 5.97 Å². The molecular formula is C20H19NO3. The molecule has 4 heteroatoms. The molecular weight excluding hydrogens is 302 g/mol. The van der Waals surface area contributed by atoms with Crippen LogP contribution in [0.15, 0.2) is 54.6 Å². The average Bonchev–Trinajstić information content (AvgIpc) is 3.08. The second kappa shape index (κ2) is 5.48. The monoisotopic (exact) mass is 321 g/mol. The average molecular weight is 321 g/mol. The van der Waals surface area contributed by atoms with E-state index in [9.17, 15) is 9.59 Å². The number of carbonyl (C=O) groups excluding carboxylic acids is 2. The van der Waals surface area contributed by atoms with Crippen LogP contribution >= 0.6 is 0 Å². The highest BCUT2D eigenvalue weighted by Crippen LogP contribution is 2.55. The first-order valence-corrected chi connectivity index (χ1v) is 8.36. The van der Waals surface area contributed by atoms with Crippen molar-refractivity contribution in [2.24, 2.45) is 0 Å². The first kappa shape index (κ1) is 14.9. The van der Waals surface area contributed by atoms with E-state index in [2.05, 4.69) is 0 Å². The number of fused-ring (bicyclic) bond motifs is 2. The van der Waals surface area contributed by atoms with Gasteiger partial charge in [-0.05, 0) is 18.1 Å². The van der Waals surface area contributed by atoms with Gasteiger partial charge < -0.3 is 9.64 Å². The number of hydrogen-bond acceptors (Lipinski definition) is 3. The van der Waals surface area contributed by atoms with Crippen LogP contribution in [0.1, 0.15) is 36.8 Å². The maximum Gasteiger partial charge on any atom is 0.308 e. The van der Waals surface area contributed by atoms with E-state index >= 15 is 0 Å². The van der Waals surface area contributed by atoms with Crippen LogP contribution in [-0.4, -0.2) is 18.4 Å². The van der Waals surface area contributed by atoms with Crippen molar-refractivity contribution in [3.63, 3.8) is 0 Å². The Balaban J connectivity index is 1.91. The normalized spacial score (nSPS) is 25.2. The Bertz CT molecular complexity index is 802. The number of hydrogen-bond donors (Lipinski definition) is 0. The number of ether oxygens (including phenoxy) is 1. The number of para-hydroxylation sites is 1. The molecule has 0 bridgehead atoms. The molecule has 2 aromatic carbocycles. The van der Waals surface area contributed by atoms with E-state index in [1.165, 1.54) is 0 Å². The number of rotatable bonds is 3. The molecule has 4 nitrogen and oxygen atoms in total. The van der Waals surface area contributed by atoms with Gasteiger partial charge in [0.2, 0.25) is 5.60 Å². The molecule has 1 spiro atoms. The smallest absolute Gasteiger partial charge is 0.308 e. The van der Waals surface area contributed by atoms with Gasteiger partial charge in [0.25, 0.3) is 5.91 Å². The zero-order valence-electron chi connectivity index (χ0n) is 13.6. The lowest BCUT2D eigenvalue weighted by Crippen LogP contribution is -2.43. The van der Waals surface area contributed by atoms with Crippen LogP contribution in [0.5, 0.6) is 0 Å². The first-order valence-electron chi connectivity index (χ1n) is 8.36. The zero-order valence-corrected chi connectivity index (χ0v) is 13.6. The molecule has 0 radical (unpaired) electrons. The predicted molar refractivity (Wildman–Crippen MR) is 90.7 cm³/mol. The highest BCUT2D eigenvalue weighted by molar-refractivity contribution is 6.10. The Morgan fingerprint density at radius 1 is 1.08 bits per heavy atom. The quantitative estimate of drug-likeness (QED) is 0.814. The van der Waals surface area contributed by atoms with E-state index in [0.29, 0.717) is 6.54 Å². The number of esters is 1. The molecule has 0 N–H and O–H groups in total. The summed E-state index contributed by atoms with van der Waals surface area (Å²) in [6.07, 6.45) is 1.07. The lowest BCUT2D eigenvalue weighted by Gasteiger charge is -2.28. The molecule has 4 rings (SSSR count). The fourth-order valence-electron chi connectivity index (χ4n) is 3.97. The van der Waals surface area contributed by atoms with E-state index in [1.807, 2.05) is 61.5 Å². The van der Waals surface area contributed by atoms with Crippen molar-refractivity contribution in [3.8, 4) is 0 Å². The summed E-state index contributed by atoms with van der Waals surface area (Å²) in [7, 11) is 0. The number of anilines is 1. The molecule has 2 aromatic rings. The first-order chi connectivity index (χ1) is 11.7. The largest absolute Gasteiger partial charge is 0.443 e. The van der Waals surface area contributed by atoms with E-state index in [0.717, 1.165) is 23.2 Å². The van der Waals surface area contributed by atoms with Gasteiger partial charge in [-0.2, -0.15) is 0 Å². The second-order valence-corrected chi connectivity index (χ2v) is 6.35. The summed E-state index contributed by atoms with van der Waals surface area (Å²) in [6, 6.07) is 17.4. The molecule has 2 aliphatic rings. The van der Waals surface area contributed by atoms with Gasteiger partial charge in [0.15, 0.2) is 0 Å². The number of benzene rings is 2. The molecule has 122 valence electrons. The summed E-state index contributed by atoms with van der Waals surface area (Å²) in [5.41, 5.74) is 1.41. The van der Waals surface area contributed by atoms with Crippen LogP contribution < -0.4 is 4.90 Å². The summed E-state index contributed by atoms with van der Waals surface area (Å²) in [5.74, 6) is -0.725. The van der Waals surface area contributed by atoms with Crippen molar-refractivity contribution in [2.75, 3.05) is 11.4 Å². The molecule has 1 amide bonds. The van der Waals surface area contributed by atoms with Crippen LogP contribution in [0.2, 0.25) is 0 Å². The predicted octanol–water partition coefficient (Wildman–Crippen LogP) is 3.37. The number of carbonyl (C=O) groups is 2. The number of nitrogens with zero attached hydrogens (tertiary/aromatic N) is 1. The third kappa shape index (κ3) is 1.92. The van der Waals surface area contributed by atoms with Crippen LogP contribution in [0.3, 0.4) is 0 Å². The minimum absolute atomic E-state index is 0.120. The van der Waals surface area contributed by atoms with Gasteiger partial charge in [0.05, 0.1) is 12.1 Å². The molecule has 24 heavy (non-hydrogen) atoms. The minimum Gasteiger partial charge on any atom is -0.443 e. The topological polar surface area (TPSA) is 46.6 Å². The van der Waals surface area contributed by atoms with Gasteiger partial charge in [-0.15, -0.1) is 0 Å². The zero-order chi connectivity index (χ0) is 16.7. The molecule has 1 fully saturated rings. The Morgan fingerprint density at radius 2 is 1.79 bits per heavy atom. The maximum absolute atomic E-state index is 13.4. The molecule has 2 heterocycles. The SMILES string of the molecule is CCCN1C(=O)[C@]2(OC(=O)C[C@H]2c2ccccc2)c2ccccc21. The molecule has 2 aliphatic heterocycles. The van der Waals surface area contributed by atoms with E-state index in [4.69, 9.17) is 4.74 Å². The van der Waals surface area contributed by atoms with Gasteiger partial charge in [0, 0.05) is 18.0 Å². The van der Waals surface area contributed by atoms with Crippen LogP contribution in [0, 0.1) is 0 Å². The van der Waals surface area contributed by atoms with Crippen molar-refractivity contribution in [3.05, 3.63) is 65.7 Å². The van der Waals surface area contributed by atoms with E-state index < -0.39 is 5.60 Å². The van der Waals surface area contributed by atoms with Crippen molar-refractivity contribution in [1.82, 2.24) is 0 Å². The molecule has 0 saturated carbocycles. The standard InChI is InChI=1S/C20H19NO3/c1-2-12-21-17-11-7-6-10-15(17)20(19(21)23)16(13-18(22)24-20)14-8-4-3-5-9-14/h3-11,16H,2,12-13H2,1H3/t16-,20-/m0/s1. The lowest BCUT2D eigenvalue weighted by molar-refractivity contribution is -0.157.